The lowest BCUT2D eigenvalue weighted by Crippen LogP contribution is -2.42. The van der Waals surface area contributed by atoms with Crippen LogP contribution in [0.2, 0.25) is 0 Å². The second-order valence-corrected chi connectivity index (χ2v) is 6.19. The summed E-state index contributed by atoms with van der Waals surface area (Å²) < 4.78 is 5.51. The number of carbonyl (C=O) groups is 1. The van der Waals surface area contributed by atoms with Gasteiger partial charge in [0.2, 0.25) is 0 Å². The molecule has 110 valence electrons. The molecule has 1 fully saturated rings. The summed E-state index contributed by atoms with van der Waals surface area (Å²) in [4.78, 5) is 14.7. The van der Waals surface area contributed by atoms with Crippen LogP contribution in [0, 0.1) is 11.8 Å². The zero-order valence-corrected chi connectivity index (χ0v) is 12.6. The first kappa shape index (κ1) is 13.9. The number of piperidine rings is 1. The maximum Gasteiger partial charge on any atom is 0.290 e. The van der Waals surface area contributed by atoms with Crippen LogP contribution in [0.5, 0.6) is 0 Å². The minimum atomic E-state index is 0.0113. The van der Waals surface area contributed by atoms with Crippen LogP contribution >= 0.6 is 0 Å². The highest BCUT2D eigenvalue weighted by atomic mass is 16.3. The molecule has 3 heteroatoms. The Morgan fingerprint density at radius 3 is 2.43 bits per heavy atom. The molecule has 0 aliphatic carbocycles. The molecule has 2 atom stereocenters. The molecule has 0 bridgehead atoms. The fraction of sp³-hybridized carbons (Fsp3) is 0.389. The summed E-state index contributed by atoms with van der Waals surface area (Å²) in [7, 11) is 0. The average Bonchev–Trinajstić information content (AvgIpc) is 2.95. The lowest BCUT2D eigenvalue weighted by Gasteiger charge is -2.34. The van der Waals surface area contributed by atoms with Crippen LogP contribution in [0.15, 0.2) is 47.1 Å². The van der Waals surface area contributed by atoms with Gasteiger partial charge in [-0.2, -0.15) is 0 Å². The minimum Gasteiger partial charge on any atom is -0.459 e. The minimum absolute atomic E-state index is 0.0113. The van der Waals surface area contributed by atoms with Crippen molar-refractivity contribution in [2.75, 3.05) is 13.1 Å². The summed E-state index contributed by atoms with van der Waals surface area (Å²) in [5.41, 5.74) is 1.90. The molecule has 2 heterocycles. The molecular weight excluding hydrogens is 262 g/mol. The van der Waals surface area contributed by atoms with Crippen molar-refractivity contribution in [2.45, 2.75) is 20.3 Å². The number of hydrogen-bond acceptors (Lipinski definition) is 2. The van der Waals surface area contributed by atoms with Gasteiger partial charge in [-0.25, -0.2) is 0 Å². The first-order valence-electron chi connectivity index (χ1n) is 7.57. The van der Waals surface area contributed by atoms with Gasteiger partial charge in [0.05, 0.1) is 6.26 Å². The van der Waals surface area contributed by atoms with E-state index in [9.17, 15) is 4.79 Å². The summed E-state index contributed by atoms with van der Waals surface area (Å²) in [6.07, 6.45) is 2.79. The predicted octanol–water partition coefficient (Wildman–Crippen LogP) is 4.06. The average molecular weight is 283 g/mol. The van der Waals surface area contributed by atoms with E-state index in [1.54, 1.807) is 6.26 Å². The predicted molar refractivity (Wildman–Crippen MR) is 83.0 cm³/mol. The molecule has 0 unspecified atom stereocenters. The topological polar surface area (TPSA) is 33.5 Å². The molecule has 1 saturated heterocycles. The van der Waals surface area contributed by atoms with Crippen molar-refractivity contribution in [2.24, 2.45) is 11.8 Å². The number of furan rings is 1. The lowest BCUT2D eigenvalue weighted by molar-refractivity contribution is 0.0592. The van der Waals surface area contributed by atoms with E-state index < -0.39 is 0 Å². The van der Waals surface area contributed by atoms with Crippen LogP contribution in [0.3, 0.4) is 0 Å². The zero-order valence-electron chi connectivity index (χ0n) is 12.6. The molecule has 1 aliphatic heterocycles. The van der Waals surface area contributed by atoms with Crippen LogP contribution in [-0.4, -0.2) is 23.9 Å². The molecule has 0 spiro atoms. The van der Waals surface area contributed by atoms with E-state index >= 15 is 0 Å². The van der Waals surface area contributed by atoms with Gasteiger partial charge in [-0.1, -0.05) is 44.2 Å². The fourth-order valence-electron chi connectivity index (χ4n) is 3.29. The van der Waals surface area contributed by atoms with Crippen LogP contribution < -0.4 is 0 Å². The van der Waals surface area contributed by atoms with Gasteiger partial charge < -0.3 is 9.32 Å². The van der Waals surface area contributed by atoms with Gasteiger partial charge in [-0.15, -0.1) is 0 Å². The van der Waals surface area contributed by atoms with Gasteiger partial charge in [-0.3, -0.25) is 4.79 Å². The maximum atomic E-state index is 12.8. The molecule has 1 amide bonds. The van der Waals surface area contributed by atoms with Gasteiger partial charge in [0, 0.05) is 18.7 Å². The molecule has 3 nitrogen and oxygen atoms in total. The monoisotopic (exact) mass is 283 g/mol. The Kier molecular flexibility index (Phi) is 3.82. The Balaban J connectivity index is 1.88. The Morgan fingerprint density at radius 2 is 1.76 bits per heavy atom. The number of likely N-dealkylation sites (tertiary alicyclic amines) is 1. The summed E-state index contributed by atoms with van der Waals surface area (Å²) in [6, 6.07) is 11.8. The summed E-state index contributed by atoms with van der Waals surface area (Å²) in [5, 5.41) is 0. The van der Waals surface area contributed by atoms with Crippen molar-refractivity contribution in [3.63, 3.8) is 0 Å². The number of benzene rings is 1. The van der Waals surface area contributed by atoms with Crippen molar-refractivity contribution in [3.8, 4) is 11.1 Å². The van der Waals surface area contributed by atoms with Gasteiger partial charge >= 0.3 is 0 Å². The van der Waals surface area contributed by atoms with Gasteiger partial charge in [0.25, 0.3) is 5.91 Å². The smallest absolute Gasteiger partial charge is 0.290 e. The molecule has 1 aliphatic rings. The second-order valence-electron chi connectivity index (χ2n) is 6.19. The fourth-order valence-corrected chi connectivity index (χ4v) is 3.29. The SMILES string of the molecule is C[C@@H]1C[C@H](C)CN(C(=O)c2occc2-c2ccccc2)C1. The number of hydrogen-bond donors (Lipinski definition) is 0. The highest BCUT2D eigenvalue weighted by molar-refractivity contribution is 5.98. The molecule has 2 aromatic rings. The standard InChI is InChI=1S/C18H21NO2/c1-13-10-14(2)12-19(11-13)18(20)17-16(8-9-21-17)15-6-4-3-5-7-15/h3-9,13-14H,10-12H2,1-2H3/t13-,14+. The zero-order chi connectivity index (χ0) is 14.8. The molecule has 3 rings (SSSR count). The van der Waals surface area contributed by atoms with Crippen molar-refractivity contribution in [1.29, 1.82) is 0 Å². The van der Waals surface area contributed by atoms with E-state index in [2.05, 4.69) is 13.8 Å². The largest absolute Gasteiger partial charge is 0.459 e. The Hall–Kier alpha value is -2.03. The van der Waals surface area contributed by atoms with Crippen LogP contribution in [0.1, 0.15) is 30.8 Å². The van der Waals surface area contributed by atoms with E-state index in [4.69, 9.17) is 4.42 Å². The molecule has 0 N–H and O–H groups in total. The summed E-state index contributed by atoms with van der Waals surface area (Å²) in [5.74, 6) is 1.57. The van der Waals surface area contributed by atoms with E-state index in [0.29, 0.717) is 17.6 Å². The molecule has 21 heavy (non-hydrogen) atoms. The number of carbonyl (C=O) groups excluding carboxylic acids is 1. The lowest BCUT2D eigenvalue weighted by atomic mass is 9.91. The first-order chi connectivity index (χ1) is 10.1. The van der Waals surface area contributed by atoms with Crippen LogP contribution in [0.25, 0.3) is 11.1 Å². The Morgan fingerprint density at radius 1 is 1.10 bits per heavy atom. The highest BCUT2D eigenvalue weighted by Crippen LogP contribution is 2.28. The Labute approximate surface area is 125 Å². The van der Waals surface area contributed by atoms with Crippen molar-refractivity contribution in [3.05, 3.63) is 48.4 Å². The highest BCUT2D eigenvalue weighted by Gasteiger charge is 2.29. The molecule has 0 saturated carbocycles. The summed E-state index contributed by atoms with van der Waals surface area (Å²) in [6.45, 7) is 6.04. The molecule has 0 radical (unpaired) electrons. The molecular formula is C18H21NO2. The normalized spacial score (nSPS) is 22.3. The van der Waals surface area contributed by atoms with E-state index in [1.807, 2.05) is 41.3 Å². The van der Waals surface area contributed by atoms with Crippen LogP contribution in [-0.2, 0) is 0 Å². The number of nitrogens with zero attached hydrogens (tertiary/aromatic N) is 1. The third kappa shape index (κ3) is 2.87. The maximum absolute atomic E-state index is 12.8. The third-order valence-electron chi connectivity index (χ3n) is 4.10. The van der Waals surface area contributed by atoms with Crippen molar-refractivity contribution < 1.29 is 9.21 Å². The first-order valence-corrected chi connectivity index (χ1v) is 7.57. The van der Waals surface area contributed by atoms with Crippen LogP contribution in [0.4, 0.5) is 0 Å². The van der Waals surface area contributed by atoms with Crippen molar-refractivity contribution >= 4 is 5.91 Å². The third-order valence-corrected chi connectivity index (χ3v) is 4.10. The van der Waals surface area contributed by atoms with Crippen molar-refractivity contribution in [1.82, 2.24) is 4.90 Å². The number of rotatable bonds is 2. The molecule has 1 aromatic heterocycles. The van der Waals surface area contributed by atoms with E-state index in [-0.39, 0.29) is 5.91 Å². The second kappa shape index (κ2) is 5.76. The quantitative estimate of drug-likeness (QED) is 0.832. The van der Waals surface area contributed by atoms with Gasteiger partial charge in [0.1, 0.15) is 0 Å². The van der Waals surface area contributed by atoms with E-state index in [0.717, 1.165) is 24.2 Å². The van der Waals surface area contributed by atoms with Gasteiger partial charge in [-0.05, 0) is 29.9 Å². The Bertz CT molecular complexity index is 607. The molecule has 1 aromatic carbocycles. The van der Waals surface area contributed by atoms with E-state index in [1.165, 1.54) is 6.42 Å². The van der Waals surface area contributed by atoms with Gasteiger partial charge in [0.15, 0.2) is 5.76 Å². The number of amides is 1. The summed E-state index contributed by atoms with van der Waals surface area (Å²) >= 11 is 0.